The summed E-state index contributed by atoms with van der Waals surface area (Å²) in [6, 6.07) is 7.03. The molecular formula is C19H29N3O3. The molecule has 1 atom stereocenters. The molecule has 2 N–H and O–H groups in total. The predicted octanol–water partition coefficient (Wildman–Crippen LogP) is 3.24. The van der Waals surface area contributed by atoms with Gasteiger partial charge in [0.1, 0.15) is 5.75 Å². The Bertz CT molecular complexity index is 598. The van der Waals surface area contributed by atoms with Gasteiger partial charge in [0.05, 0.1) is 13.0 Å². The van der Waals surface area contributed by atoms with Crippen LogP contribution in [0.15, 0.2) is 24.3 Å². The van der Waals surface area contributed by atoms with Gasteiger partial charge in [-0.3, -0.25) is 4.79 Å². The van der Waals surface area contributed by atoms with Gasteiger partial charge in [0, 0.05) is 24.3 Å². The number of rotatable bonds is 5. The van der Waals surface area contributed by atoms with Crippen LogP contribution in [0, 0.1) is 5.92 Å². The molecule has 1 aliphatic rings. The van der Waals surface area contributed by atoms with E-state index in [2.05, 4.69) is 17.6 Å². The fourth-order valence-electron chi connectivity index (χ4n) is 2.78. The molecule has 1 unspecified atom stereocenters. The van der Waals surface area contributed by atoms with Crippen molar-refractivity contribution in [1.29, 1.82) is 0 Å². The van der Waals surface area contributed by atoms with E-state index in [4.69, 9.17) is 4.74 Å². The van der Waals surface area contributed by atoms with E-state index in [-0.39, 0.29) is 23.4 Å². The first-order valence-electron chi connectivity index (χ1n) is 8.86. The number of urea groups is 1. The maximum absolute atomic E-state index is 12.5. The topological polar surface area (TPSA) is 70.7 Å². The van der Waals surface area contributed by atoms with Crippen molar-refractivity contribution in [2.75, 3.05) is 25.5 Å². The Balaban J connectivity index is 1.93. The van der Waals surface area contributed by atoms with E-state index in [1.807, 2.05) is 13.8 Å². The molecular weight excluding hydrogens is 318 g/mol. The maximum Gasteiger partial charge on any atom is 0.321 e. The van der Waals surface area contributed by atoms with Crippen LogP contribution in [0.1, 0.15) is 40.0 Å². The SMILES string of the molecule is CCC(C)(C)NC(=O)C1CCCN(C(=O)Nc2ccc(OC)cc2)C1. The highest BCUT2D eigenvalue weighted by Crippen LogP contribution is 2.20. The van der Waals surface area contributed by atoms with Gasteiger partial charge in [0.25, 0.3) is 0 Å². The van der Waals surface area contributed by atoms with E-state index in [9.17, 15) is 9.59 Å². The van der Waals surface area contributed by atoms with Crippen LogP contribution < -0.4 is 15.4 Å². The van der Waals surface area contributed by atoms with E-state index in [1.54, 1.807) is 36.3 Å². The van der Waals surface area contributed by atoms with Crippen molar-refractivity contribution in [1.82, 2.24) is 10.2 Å². The molecule has 1 fully saturated rings. The van der Waals surface area contributed by atoms with Gasteiger partial charge < -0.3 is 20.3 Å². The zero-order valence-electron chi connectivity index (χ0n) is 15.6. The zero-order valence-corrected chi connectivity index (χ0v) is 15.6. The first kappa shape index (κ1) is 19.1. The fraction of sp³-hybridized carbons (Fsp3) is 0.579. The Hall–Kier alpha value is -2.24. The molecule has 0 radical (unpaired) electrons. The summed E-state index contributed by atoms with van der Waals surface area (Å²) in [7, 11) is 1.60. The predicted molar refractivity (Wildman–Crippen MR) is 98.8 cm³/mol. The first-order valence-corrected chi connectivity index (χ1v) is 8.86. The largest absolute Gasteiger partial charge is 0.497 e. The molecule has 0 bridgehead atoms. The Morgan fingerprint density at radius 2 is 1.96 bits per heavy atom. The van der Waals surface area contributed by atoms with Crippen molar-refractivity contribution >= 4 is 17.6 Å². The average molecular weight is 347 g/mol. The number of nitrogens with one attached hydrogen (secondary N) is 2. The minimum Gasteiger partial charge on any atom is -0.497 e. The van der Waals surface area contributed by atoms with Crippen molar-refractivity contribution in [3.8, 4) is 5.75 Å². The molecule has 3 amide bonds. The van der Waals surface area contributed by atoms with Gasteiger partial charge >= 0.3 is 6.03 Å². The Labute approximate surface area is 149 Å². The molecule has 1 heterocycles. The quantitative estimate of drug-likeness (QED) is 0.859. The number of ether oxygens (including phenoxy) is 1. The fourth-order valence-corrected chi connectivity index (χ4v) is 2.78. The van der Waals surface area contributed by atoms with E-state index in [0.717, 1.165) is 25.0 Å². The molecule has 25 heavy (non-hydrogen) atoms. The normalized spacial score (nSPS) is 17.8. The highest BCUT2D eigenvalue weighted by Gasteiger charge is 2.30. The van der Waals surface area contributed by atoms with Crippen molar-refractivity contribution in [2.24, 2.45) is 5.92 Å². The number of methoxy groups -OCH3 is 1. The number of likely N-dealkylation sites (tertiary alicyclic amines) is 1. The molecule has 0 aromatic heterocycles. The monoisotopic (exact) mass is 347 g/mol. The Morgan fingerprint density at radius 3 is 2.56 bits per heavy atom. The zero-order chi connectivity index (χ0) is 18.4. The number of piperidine rings is 1. The van der Waals surface area contributed by atoms with Gasteiger partial charge in [0.2, 0.25) is 5.91 Å². The molecule has 1 aromatic rings. The van der Waals surface area contributed by atoms with Crippen molar-refractivity contribution in [3.63, 3.8) is 0 Å². The Kier molecular flexibility index (Phi) is 6.28. The van der Waals surface area contributed by atoms with Crippen molar-refractivity contribution in [2.45, 2.75) is 45.6 Å². The van der Waals surface area contributed by atoms with Crippen molar-refractivity contribution in [3.05, 3.63) is 24.3 Å². The van der Waals surface area contributed by atoms with E-state index >= 15 is 0 Å². The molecule has 6 nitrogen and oxygen atoms in total. The minimum absolute atomic E-state index is 0.0359. The van der Waals surface area contributed by atoms with Gasteiger partial charge in [-0.1, -0.05) is 6.92 Å². The summed E-state index contributed by atoms with van der Waals surface area (Å²) in [6.45, 7) is 7.20. The van der Waals surface area contributed by atoms with E-state index in [0.29, 0.717) is 18.8 Å². The summed E-state index contributed by atoms with van der Waals surface area (Å²) in [5.74, 6) is 0.626. The molecule has 0 saturated carbocycles. The lowest BCUT2D eigenvalue weighted by Crippen LogP contribution is -2.51. The lowest BCUT2D eigenvalue weighted by molar-refractivity contribution is -0.127. The van der Waals surface area contributed by atoms with Crippen LogP contribution in [0.25, 0.3) is 0 Å². The second-order valence-corrected chi connectivity index (χ2v) is 7.17. The summed E-state index contributed by atoms with van der Waals surface area (Å²) >= 11 is 0. The third-order valence-electron chi connectivity index (χ3n) is 4.77. The minimum atomic E-state index is -0.218. The molecule has 1 aromatic carbocycles. The number of benzene rings is 1. The third-order valence-corrected chi connectivity index (χ3v) is 4.77. The summed E-state index contributed by atoms with van der Waals surface area (Å²) in [4.78, 5) is 26.7. The Morgan fingerprint density at radius 1 is 1.28 bits per heavy atom. The molecule has 1 saturated heterocycles. The molecule has 1 aliphatic heterocycles. The second-order valence-electron chi connectivity index (χ2n) is 7.17. The maximum atomic E-state index is 12.5. The highest BCUT2D eigenvalue weighted by molar-refractivity contribution is 5.90. The second kappa shape index (κ2) is 8.23. The number of carbonyl (C=O) groups excluding carboxylic acids is 2. The molecule has 2 rings (SSSR count). The summed E-state index contributed by atoms with van der Waals surface area (Å²) in [6.07, 6.45) is 2.52. The summed E-state index contributed by atoms with van der Waals surface area (Å²) < 4.78 is 5.11. The summed E-state index contributed by atoms with van der Waals surface area (Å²) in [5, 5.41) is 5.97. The van der Waals surface area contributed by atoms with Gasteiger partial charge in [-0.05, 0) is 57.4 Å². The highest BCUT2D eigenvalue weighted by atomic mass is 16.5. The molecule has 138 valence electrons. The number of amides is 3. The lowest BCUT2D eigenvalue weighted by atomic mass is 9.94. The van der Waals surface area contributed by atoms with Crippen LogP contribution >= 0.6 is 0 Å². The smallest absolute Gasteiger partial charge is 0.321 e. The van der Waals surface area contributed by atoms with Crippen LogP contribution in [-0.4, -0.2) is 42.6 Å². The number of anilines is 1. The van der Waals surface area contributed by atoms with Gasteiger partial charge in [0.15, 0.2) is 0 Å². The van der Waals surface area contributed by atoms with E-state index < -0.39 is 0 Å². The summed E-state index contributed by atoms with van der Waals surface area (Å²) in [5.41, 5.74) is 0.495. The van der Waals surface area contributed by atoms with Crippen LogP contribution in [0.3, 0.4) is 0 Å². The van der Waals surface area contributed by atoms with Crippen LogP contribution in [0.4, 0.5) is 10.5 Å². The number of hydrogen-bond donors (Lipinski definition) is 2. The van der Waals surface area contributed by atoms with Gasteiger partial charge in [-0.15, -0.1) is 0 Å². The van der Waals surface area contributed by atoms with Gasteiger partial charge in [-0.2, -0.15) is 0 Å². The first-order chi connectivity index (χ1) is 11.8. The number of hydrogen-bond acceptors (Lipinski definition) is 3. The molecule has 6 heteroatoms. The van der Waals surface area contributed by atoms with Crippen LogP contribution in [0.2, 0.25) is 0 Å². The van der Waals surface area contributed by atoms with E-state index in [1.165, 1.54) is 0 Å². The van der Waals surface area contributed by atoms with Crippen molar-refractivity contribution < 1.29 is 14.3 Å². The lowest BCUT2D eigenvalue weighted by Gasteiger charge is -2.34. The van der Waals surface area contributed by atoms with Crippen LogP contribution in [0.5, 0.6) is 5.75 Å². The molecule has 0 spiro atoms. The average Bonchev–Trinajstić information content (AvgIpc) is 2.62. The number of carbonyl (C=O) groups is 2. The van der Waals surface area contributed by atoms with Gasteiger partial charge in [-0.25, -0.2) is 4.79 Å². The standard InChI is InChI=1S/C19H29N3O3/c1-5-19(2,3)21-17(23)14-7-6-12-22(13-14)18(24)20-15-8-10-16(25-4)11-9-15/h8-11,14H,5-7,12-13H2,1-4H3,(H,20,24)(H,21,23). The van der Waals surface area contributed by atoms with Crippen LogP contribution in [-0.2, 0) is 4.79 Å². The molecule has 0 aliphatic carbocycles. The third kappa shape index (κ3) is 5.37. The number of nitrogens with zero attached hydrogens (tertiary/aromatic N) is 1.